The molecule has 1 atom stereocenters. The number of carbonyl (C=O) groups is 2. The first-order chi connectivity index (χ1) is 16.0. The number of methoxy groups -OCH3 is 1. The van der Waals surface area contributed by atoms with Crippen LogP contribution in [-0.2, 0) is 9.53 Å². The molecule has 1 aliphatic heterocycles. The van der Waals surface area contributed by atoms with Crippen LogP contribution in [0.3, 0.4) is 0 Å². The van der Waals surface area contributed by atoms with Gasteiger partial charge in [0.1, 0.15) is 18.3 Å². The Labute approximate surface area is 191 Å². The molecule has 0 aliphatic carbocycles. The van der Waals surface area contributed by atoms with Gasteiger partial charge >= 0.3 is 0 Å². The Morgan fingerprint density at radius 1 is 1.24 bits per heavy atom. The lowest BCUT2D eigenvalue weighted by molar-refractivity contribution is -0.117. The van der Waals surface area contributed by atoms with E-state index in [1.165, 1.54) is 7.05 Å². The fourth-order valence-electron chi connectivity index (χ4n) is 3.17. The second-order valence-corrected chi connectivity index (χ2v) is 7.03. The minimum atomic E-state index is -0.432. The normalized spacial score (nSPS) is 14.8. The summed E-state index contributed by atoms with van der Waals surface area (Å²) in [6.07, 6.45) is 1.54. The molecule has 0 radical (unpaired) electrons. The van der Waals surface area contributed by atoms with Gasteiger partial charge in [0.25, 0.3) is 5.91 Å². The van der Waals surface area contributed by atoms with E-state index in [4.69, 9.17) is 9.47 Å². The van der Waals surface area contributed by atoms with Gasteiger partial charge in [0.05, 0.1) is 31.5 Å². The summed E-state index contributed by atoms with van der Waals surface area (Å²) in [7, 11) is 4.90. The quantitative estimate of drug-likeness (QED) is 0.391. The van der Waals surface area contributed by atoms with Gasteiger partial charge in [-0.15, -0.1) is 10.2 Å². The predicted octanol–water partition coefficient (Wildman–Crippen LogP) is 1.43. The average molecular weight is 457 g/mol. The average Bonchev–Trinajstić information content (AvgIpc) is 3.25. The van der Waals surface area contributed by atoms with Crippen LogP contribution in [0.25, 0.3) is 0 Å². The Morgan fingerprint density at radius 2 is 2.06 bits per heavy atom. The van der Waals surface area contributed by atoms with Gasteiger partial charge in [-0.05, 0) is 13.0 Å². The fourth-order valence-corrected chi connectivity index (χ4v) is 3.17. The molecule has 0 saturated carbocycles. The minimum Gasteiger partial charge on any atom is -0.494 e. The molecule has 2 aromatic rings. The molecular formula is C21H28N8O4. The predicted molar refractivity (Wildman–Crippen MR) is 124 cm³/mol. The minimum absolute atomic E-state index is 0.0639. The van der Waals surface area contributed by atoms with Crippen LogP contribution < -0.4 is 26.1 Å². The number of para-hydroxylation sites is 1. The third kappa shape index (κ3) is 5.93. The highest BCUT2D eigenvalue weighted by molar-refractivity contribution is 5.99. The zero-order valence-corrected chi connectivity index (χ0v) is 19.0. The van der Waals surface area contributed by atoms with E-state index in [1.54, 1.807) is 30.6 Å². The van der Waals surface area contributed by atoms with Gasteiger partial charge in [-0.2, -0.15) is 0 Å². The summed E-state index contributed by atoms with van der Waals surface area (Å²) in [5, 5.41) is 18.1. The van der Waals surface area contributed by atoms with Crippen molar-refractivity contribution in [2.24, 2.45) is 4.99 Å². The first-order valence-corrected chi connectivity index (χ1v) is 10.4. The molecule has 3 rings (SSSR count). The van der Waals surface area contributed by atoms with Crippen molar-refractivity contribution in [3.8, 4) is 5.75 Å². The molecular weight excluding hydrogens is 428 g/mol. The number of anilines is 3. The third-order valence-corrected chi connectivity index (χ3v) is 4.71. The molecule has 1 aromatic heterocycles. The van der Waals surface area contributed by atoms with Crippen LogP contribution in [-0.4, -0.2) is 67.8 Å². The van der Waals surface area contributed by atoms with Gasteiger partial charge in [0.2, 0.25) is 5.91 Å². The van der Waals surface area contributed by atoms with Crippen molar-refractivity contribution in [3.05, 3.63) is 35.5 Å². The number of aliphatic imine (C=N–C) groups is 1. The fraction of sp³-hybridized carbons (Fsp3) is 0.381. The van der Waals surface area contributed by atoms with Crippen LogP contribution in [0.15, 0.2) is 29.3 Å². The summed E-state index contributed by atoms with van der Waals surface area (Å²) in [5.74, 6) is 0.0400. The Hall–Kier alpha value is -3.77. The van der Waals surface area contributed by atoms with Crippen LogP contribution in [0.2, 0.25) is 0 Å². The highest BCUT2D eigenvalue weighted by atomic mass is 16.5. The topological polar surface area (TPSA) is 142 Å². The van der Waals surface area contributed by atoms with Gasteiger partial charge in [-0.1, -0.05) is 12.1 Å². The summed E-state index contributed by atoms with van der Waals surface area (Å²) in [6.45, 7) is 2.68. The SMILES string of the molecule is CCOCCC(=O)Nc1cc(Nc2cccc(C3N=CN(C)N3)c2OC)c(C(=O)NC)nn1. The number of aromatic nitrogens is 2. The maximum Gasteiger partial charge on any atom is 0.273 e. The van der Waals surface area contributed by atoms with E-state index in [0.29, 0.717) is 30.3 Å². The van der Waals surface area contributed by atoms with Crippen LogP contribution in [0, 0.1) is 0 Å². The van der Waals surface area contributed by atoms with Gasteiger partial charge in [0.15, 0.2) is 11.5 Å². The maximum absolute atomic E-state index is 12.4. The second kappa shape index (κ2) is 11.2. The van der Waals surface area contributed by atoms with E-state index in [1.807, 2.05) is 26.1 Å². The number of nitrogens with one attached hydrogen (secondary N) is 4. The Morgan fingerprint density at radius 3 is 2.73 bits per heavy atom. The second-order valence-electron chi connectivity index (χ2n) is 7.03. The molecule has 0 spiro atoms. The first kappa shape index (κ1) is 23.9. The highest BCUT2D eigenvalue weighted by Gasteiger charge is 2.23. The number of ether oxygens (including phenoxy) is 2. The number of amides is 2. The Bertz CT molecular complexity index is 1030. The van der Waals surface area contributed by atoms with Crippen LogP contribution in [0.4, 0.5) is 17.2 Å². The monoisotopic (exact) mass is 456 g/mol. The maximum atomic E-state index is 12.4. The van der Waals surface area contributed by atoms with Crippen molar-refractivity contribution in [1.29, 1.82) is 0 Å². The van der Waals surface area contributed by atoms with E-state index < -0.39 is 5.91 Å². The van der Waals surface area contributed by atoms with Crippen molar-refractivity contribution in [2.45, 2.75) is 19.5 Å². The molecule has 1 aromatic carbocycles. The molecule has 4 N–H and O–H groups in total. The number of hydrogen-bond donors (Lipinski definition) is 4. The number of carbonyl (C=O) groups excluding carboxylic acids is 2. The van der Waals surface area contributed by atoms with Crippen molar-refractivity contribution < 1.29 is 19.1 Å². The molecule has 12 heteroatoms. The van der Waals surface area contributed by atoms with E-state index in [0.717, 1.165) is 5.56 Å². The summed E-state index contributed by atoms with van der Waals surface area (Å²) in [6, 6.07) is 7.09. The van der Waals surface area contributed by atoms with Gasteiger partial charge < -0.3 is 25.4 Å². The molecule has 1 aliphatic rings. The molecule has 0 fully saturated rings. The zero-order chi connectivity index (χ0) is 23.8. The summed E-state index contributed by atoms with van der Waals surface area (Å²) >= 11 is 0. The summed E-state index contributed by atoms with van der Waals surface area (Å²) in [4.78, 5) is 28.9. The summed E-state index contributed by atoms with van der Waals surface area (Å²) < 4.78 is 10.9. The molecule has 0 saturated heterocycles. The highest BCUT2D eigenvalue weighted by Crippen LogP contribution is 2.36. The zero-order valence-electron chi connectivity index (χ0n) is 19.0. The number of hydrogen-bond acceptors (Lipinski definition) is 10. The molecule has 2 heterocycles. The van der Waals surface area contributed by atoms with Crippen molar-refractivity contribution in [2.75, 3.05) is 45.1 Å². The van der Waals surface area contributed by atoms with Crippen molar-refractivity contribution in [3.63, 3.8) is 0 Å². The van der Waals surface area contributed by atoms with Gasteiger partial charge in [-0.25, -0.2) is 10.4 Å². The molecule has 176 valence electrons. The number of rotatable bonds is 10. The Balaban J connectivity index is 1.90. The molecule has 33 heavy (non-hydrogen) atoms. The van der Waals surface area contributed by atoms with E-state index in [-0.39, 0.29) is 30.0 Å². The first-order valence-electron chi connectivity index (χ1n) is 10.4. The van der Waals surface area contributed by atoms with E-state index in [2.05, 4.69) is 36.6 Å². The summed E-state index contributed by atoms with van der Waals surface area (Å²) in [5.41, 5.74) is 4.99. The van der Waals surface area contributed by atoms with Gasteiger partial charge in [0, 0.05) is 32.3 Å². The molecule has 1 unspecified atom stereocenters. The van der Waals surface area contributed by atoms with Gasteiger partial charge in [-0.3, -0.25) is 14.6 Å². The van der Waals surface area contributed by atoms with E-state index >= 15 is 0 Å². The number of nitrogens with zero attached hydrogens (tertiary/aromatic N) is 4. The lowest BCUT2D eigenvalue weighted by Crippen LogP contribution is -2.29. The Kier molecular flexibility index (Phi) is 8.11. The standard InChI is InChI=1S/C21H28N8O4/c1-5-33-10-9-17(30)25-16-11-15(18(27-26-16)21(31)22-2)24-14-8-6-7-13(19(14)32-4)20-23-12-29(3)28-20/h6-8,11-12,20,28H,5,9-10H2,1-4H3,(H,22,31)(H2,24,25,26,30). The number of hydrazine groups is 1. The van der Waals surface area contributed by atoms with Crippen LogP contribution in [0.1, 0.15) is 35.6 Å². The molecule has 2 amide bonds. The number of benzene rings is 1. The molecule has 0 bridgehead atoms. The lowest BCUT2D eigenvalue weighted by atomic mass is 10.1. The molecule has 12 nitrogen and oxygen atoms in total. The third-order valence-electron chi connectivity index (χ3n) is 4.71. The lowest BCUT2D eigenvalue weighted by Gasteiger charge is -2.19. The van der Waals surface area contributed by atoms with E-state index in [9.17, 15) is 9.59 Å². The van der Waals surface area contributed by atoms with Crippen molar-refractivity contribution >= 4 is 35.3 Å². The smallest absolute Gasteiger partial charge is 0.273 e. The van der Waals surface area contributed by atoms with Crippen LogP contribution in [0.5, 0.6) is 5.75 Å². The largest absolute Gasteiger partial charge is 0.494 e. The van der Waals surface area contributed by atoms with Crippen molar-refractivity contribution in [1.82, 2.24) is 25.9 Å². The van der Waals surface area contributed by atoms with Crippen LogP contribution >= 0.6 is 0 Å².